The third kappa shape index (κ3) is 3.26. The smallest absolute Gasteiger partial charge is 0.297 e. The van der Waals surface area contributed by atoms with Crippen LogP contribution in [0.3, 0.4) is 0 Å². The molecule has 1 aromatic heterocycles. The number of hydrogen-bond donors (Lipinski definition) is 1. The highest BCUT2D eigenvalue weighted by Crippen LogP contribution is 2.23. The summed E-state index contributed by atoms with van der Waals surface area (Å²) < 4.78 is 1.32. The van der Waals surface area contributed by atoms with Crippen molar-refractivity contribution < 1.29 is 0 Å². The molecule has 0 saturated carbocycles. The Balaban J connectivity index is 2.37. The number of aromatic nitrogens is 2. The van der Waals surface area contributed by atoms with Crippen molar-refractivity contribution in [3.63, 3.8) is 0 Å². The molecule has 6 heteroatoms. The molecule has 0 unspecified atom stereocenters. The van der Waals surface area contributed by atoms with Crippen LogP contribution in [0.15, 0.2) is 9.59 Å². The zero-order valence-corrected chi connectivity index (χ0v) is 12.8. The summed E-state index contributed by atoms with van der Waals surface area (Å²) in [7, 11) is 0. The van der Waals surface area contributed by atoms with Gasteiger partial charge >= 0.3 is 5.69 Å². The molecule has 106 valence electrons. The topological polar surface area (TPSA) is 54.9 Å². The molecule has 1 aliphatic heterocycles. The SMILES string of the molecule is CC(C)c1c(Cl)[nH]c(=O)n(CC2CCSCC2)c1=O. The van der Waals surface area contributed by atoms with Gasteiger partial charge in [0.15, 0.2) is 0 Å². The van der Waals surface area contributed by atoms with Gasteiger partial charge in [-0.1, -0.05) is 25.4 Å². The third-order valence-corrected chi connectivity index (χ3v) is 4.88. The molecule has 0 aromatic carbocycles. The summed E-state index contributed by atoms with van der Waals surface area (Å²) in [6, 6.07) is 0. The summed E-state index contributed by atoms with van der Waals surface area (Å²) in [5.41, 5.74) is -0.119. The highest BCUT2D eigenvalue weighted by molar-refractivity contribution is 7.99. The summed E-state index contributed by atoms with van der Waals surface area (Å²) in [4.78, 5) is 26.9. The zero-order valence-electron chi connectivity index (χ0n) is 11.2. The van der Waals surface area contributed by atoms with Crippen molar-refractivity contribution in [2.45, 2.75) is 39.2 Å². The fraction of sp³-hybridized carbons (Fsp3) is 0.692. The maximum atomic E-state index is 12.4. The Kier molecular flexibility index (Phi) is 4.79. The number of hydrogen-bond acceptors (Lipinski definition) is 3. The Morgan fingerprint density at radius 1 is 1.37 bits per heavy atom. The standard InChI is InChI=1S/C13H19ClN2O2S/c1-8(2)10-11(14)15-13(18)16(12(10)17)7-9-3-5-19-6-4-9/h8-9H,3-7H2,1-2H3,(H,15,18). The van der Waals surface area contributed by atoms with Gasteiger partial charge in [0.25, 0.3) is 5.56 Å². The summed E-state index contributed by atoms with van der Waals surface area (Å²) in [6.45, 7) is 4.32. The van der Waals surface area contributed by atoms with Gasteiger partial charge in [-0.05, 0) is 36.2 Å². The van der Waals surface area contributed by atoms with E-state index in [1.165, 1.54) is 4.57 Å². The summed E-state index contributed by atoms with van der Waals surface area (Å²) in [5.74, 6) is 2.65. The van der Waals surface area contributed by atoms with Gasteiger partial charge < -0.3 is 0 Å². The van der Waals surface area contributed by atoms with E-state index < -0.39 is 5.69 Å². The Labute approximate surface area is 121 Å². The number of H-pyrrole nitrogens is 1. The van der Waals surface area contributed by atoms with Crippen molar-refractivity contribution >= 4 is 23.4 Å². The average Bonchev–Trinajstić information content (AvgIpc) is 2.35. The lowest BCUT2D eigenvalue weighted by molar-refractivity contribution is 0.398. The Morgan fingerprint density at radius 2 is 2.00 bits per heavy atom. The van der Waals surface area contributed by atoms with Crippen LogP contribution in [0.25, 0.3) is 0 Å². The summed E-state index contributed by atoms with van der Waals surface area (Å²) >= 11 is 7.91. The van der Waals surface area contributed by atoms with Gasteiger partial charge in [0.05, 0.1) is 5.56 Å². The molecule has 2 rings (SSSR count). The van der Waals surface area contributed by atoms with Crippen molar-refractivity contribution in [2.24, 2.45) is 5.92 Å². The molecule has 0 atom stereocenters. The van der Waals surface area contributed by atoms with Gasteiger partial charge in [-0.25, -0.2) is 4.79 Å². The second kappa shape index (κ2) is 6.18. The van der Waals surface area contributed by atoms with E-state index in [0.717, 1.165) is 24.3 Å². The maximum absolute atomic E-state index is 12.4. The highest BCUT2D eigenvalue weighted by atomic mass is 35.5. The van der Waals surface area contributed by atoms with Crippen LogP contribution >= 0.6 is 23.4 Å². The molecular formula is C13H19ClN2O2S. The Morgan fingerprint density at radius 3 is 2.58 bits per heavy atom. The van der Waals surface area contributed by atoms with E-state index >= 15 is 0 Å². The van der Waals surface area contributed by atoms with Crippen LogP contribution in [0.2, 0.25) is 5.15 Å². The molecule has 0 bridgehead atoms. The molecule has 1 saturated heterocycles. The lowest BCUT2D eigenvalue weighted by Crippen LogP contribution is -2.40. The number of halogens is 1. The van der Waals surface area contributed by atoms with Gasteiger partial charge in [-0.15, -0.1) is 0 Å². The molecule has 0 radical (unpaired) electrons. The van der Waals surface area contributed by atoms with Crippen molar-refractivity contribution in [3.8, 4) is 0 Å². The first-order valence-electron chi connectivity index (χ1n) is 6.61. The van der Waals surface area contributed by atoms with Crippen LogP contribution in [0.4, 0.5) is 0 Å². The van der Waals surface area contributed by atoms with Gasteiger partial charge in [-0.3, -0.25) is 14.3 Å². The molecule has 1 aliphatic rings. The van der Waals surface area contributed by atoms with Gasteiger partial charge in [0, 0.05) is 6.54 Å². The predicted molar refractivity (Wildman–Crippen MR) is 80.5 cm³/mol. The minimum atomic E-state index is -0.391. The van der Waals surface area contributed by atoms with Crippen molar-refractivity contribution in [3.05, 3.63) is 31.6 Å². The maximum Gasteiger partial charge on any atom is 0.329 e. The number of aromatic amines is 1. The number of nitrogens with zero attached hydrogens (tertiary/aromatic N) is 1. The first-order valence-corrected chi connectivity index (χ1v) is 8.14. The molecule has 0 aliphatic carbocycles. The van der Waals surface area contributed by atoms with Crippen LogP contribution in [0.1, 0.15) is 38.2 Å². The van der Waals surface area contributed by atoms with Gasteiger partial charge in [0.2, 0.25) is 0 Å². The van der Waals surface area contributed by atoms with Crippen LogP contribution < -0.4 is 11.2 Å². The second-order valence-electron chi connectivity index (χ2n) is 5.28. The van der Waals surface area contributed by atoms with Gasteiger partial charge in [-0.2, -0.15) is 11.8 Å². The van der Waals surface area contributed by atoms with E-state index in [0.29, 0.717) is 18.0 Å². The van der Waals surface area contributed by atoms with E-state index in [9.17, 15) is 9.59 Å². The molecule has 0 amide bonds. The molecule has 1 N–H and O–H groups in total. The summed E-state index contributed by atoms with van der Waals surface area (Å²) in [6.07, 6.45) is 2.13. The van der Waals surface area contributed by atoms with Crippen molar-refractivity contribution in [1.82, 2.24) is 9.55 Å². The lowest BCUT2D eigenvalue weighted by Gasteiger charge is -2.22. The normalized spacial score (nSPS) is 17.1. The molecule has 4 nitrogen and oxygen atoms in total. The quantitative estimate of drug-likeness (QED) is 0.873. The monoisotopic (exact) mass is 302 g/mol. The predicted octanol–water partition coefficient (Wildman–Crippen LogP) is 2.46. The number of rotatable bonds is 3. The lowest BCUT2D eigenvalue weighted by atomic mass is 10.0. The van der Waals surface area contributed by atoms with Crippen molar-refractivity contribution in [2.75, 3.05) is 11.5 Å². The minimum Gasteiger partial charge on any atom is -0.297 e. The average molecular weight is 303 g/mol. The van der Waals surface area contributed by atoms with E-state index in [-0.39, 0.29) is 16.6 Å². The van der Waals surface area contributed by atoms with Gasteiger partial charge in [0.1, 0.15) is 5.15 Å². The van der Waals surface area contributed by atoms with E-state index in [2.05, 4.69) is 4.98 Å². The summed E-state index contributed by atoms with van der Waals surface area (Å²) in [5, 5.41) is 0.181. The molecule has 1 aromatic rings. The second-order valence-corrected chi connectivity index (χ2v) is 6.89. The van der Waals surface area contributed by atoms with Crippen LogP contribution in [-0.2, 0) is 6.54 Å². The Hall–Kier alpha value is -0.680. The molecular weight excluding hydrogens is 284 g/mol. The van der Waals surface area contributed by atoms with E-state index in [1.54, 1.807) is 0 Å². The number of thioether (sulfide) groups is 1. The molecule has 2 heterocycles. The fourth-order valence-electron chi connectivity index (χ4n) is 2.41. The van der Waals surface area contributed by atoms with Crippen molar-refractivity contribution in [1.29, 1.82) is 0 Å². The van der Waals surface area contributed by atoms with E-state index in [1.807, 2.05) is 25.6 Å². The third-order valence-electron chi connectivity index (χ3n) is 3.53. The first kappa shape index (κ1) is 14.7. The largest absolute Gasteiger partial charge is 0.329 e. The zero-order chi connectivity index (χ0) is 14.0. The highest BCUT2D eigenvalue weighted by Gasteiger charge is 2.20. The van der Waals surface area contributed by atoms with Crippen LogP contribution in [0.5, 0.6) is 0 Å². The molecule has 0 spiro atoms. The molecule has 1 fully saturated rings. The van der Waals surface area contributed by atoms with Crippen LogP contribution in [-0.4, -0.2) is 21.1 Å². The number of nitrogens with one attached hydrogen (secondary N) is 1. The molecule has 19 heavy (non-hydrogen) atoms. The fourth-order valence-corrected chi connectivity index (χ4v) is 4.00. The van der Waals surface area contributed by atoms with Crippen LogP contribution in [0, 0.1) is 5.92 Å². The Bertz CT molecular complexity index is 559. The minimum absolute atomic E-state index is 0.00464. The first-order chi connectivity index (χ1) is 9.00. The van der Waals surface area contributed by atoms with E-state index in [4.69, 9.17) is 11.6 Å².